The molecule has 0 aromatic heterocycles. The van der Waals surface area contributed by atoms with E-state index in [1.165, 1.54) is 6.08 Å². The van der Waals surface area contributed by atoms with Gasteiger partial charge in [-0.25, -0.2) is 9.59 Å². The van der Waals surface area contributed by atoms with Gasteiger partial charge in [0.15, 0.2) is 0 Å². The highest BCUT2D eigenvalue weighted by Gasteiger charge is 2.20. The minimum absolute atomic E-state index is 0.00281. The Bertz CT molecular complexity index is 486. The Balaban J connectivity index is 4.23. The molecule has 0 radical (unpaired) electrons. The first-order valence-electron chi connectivity index (χ1n) is 9.28. The minimum Gasteiger partial charge on any atom is -0.445 e. The molecule has 0 aliphatic rings. The Morgan fingerprint density at radius 3 is 2.22 bits per heavy atom. The van der Waals surface area contributed by atoms with Crippen LogP contribution in [0.25, 0.3) is 0 Å². The van der Waals surface area contributed by atoms with Gasteiger partial charge in [0.25, 0.3) is 0 Å². The van der Waals surface area contributed by atoms with E-state index in [0.29, 0.717) is 19.0 Å². The van der Waals surface area contributed by atoms with E-state index < -0.39 is 17.8 Å². The van der Waals surface area contributed by atoms with Crippen LogP contribution in [0.2, 0.25) is 0 Å². The Labute approximate surface area is 162 Å². The number of ether oxygens (including phenoxy) is 2. The topological polar surface area (TPSA) is 106 Å². The van der Waals surface area contributed by atoms with Crippen LogP contribution in [0, 0.1) is 11.8 Å². The quantitative estimate of drug-likeness (QED) is 0.374. The second kappa shape index (κ2) is 13.0. The molecule has 156 valence electrons. The van der Waals surface area contributed by atoms with Crippen molar-refractivity contribution in [2.45, 2.75) is 53.1 Å². The molecular weight excluding hydrogens is 350 g/mol. The first kappa shape index (κ1) is 24.8. The van der Waals surface area contributed by atoms with Gasteiger partial charge in [0.1, 0.15) is 12.2 Å². The third-order valence-corrected chi connectivity index (χ3v) is 3.26. The van der Waals surface area contributed by atoms with Gasteiger partial charge >= 0.3 is 12.2 Å². The average molecular weight is 386 g/mol. The van der Waals surface area contributed by atoms with Crippen LogP contribution >= 0.6 is 0 Å². The minimum atomic E-state index is -0.561. The van der Waals surface area contributed by atoms with Gasteiger partial charge in [-0.15, -0.1) is 0 Å². The smallest absolute Gasteiger partial charge is 0.407 e. The fourth-order valence-corrected chi connectivity index (χ4v) is 2.33. The van der Waals surface area contributed by atoms with Crippen molar-refractivity contribution in [2.75, 3.05) is 26.2 Å². The molecule has 0 fully saturated rings. The summed E-state index contributed by atoms with van der Waals surface area (Å²) >= 11 is 0. The Morgan fingerprint density at radius 2 is 1.67 bits per heavy atom. The third-order valence-electron chi connectivity index (χ3n) is 3.26. The second-order valence-corrected chi connectivity index (χ2v) is 7.75. The van der Waals surface area contributed by atoms with Crippen LogP contribution < -0.4 is 16.0 Å². The number of hydrogen-bond acceptors (Lipinski definition) is 5. The number of carbonyl (C=O) groups is 3. The van der Waals surface area contributed by atoms with Crippen molar-refractivity contribution in [1.29, 1.82) is 0 Å². The Morgan fingerprint density at radius 1 is 1.04 bits per heavy atom. The molecule has 0 aliphatic carbocycles. The summed E-state index contributed by atoms with van der Waals surface area (Å²) in [5.41, 5.74) is -0.561. The molecule has 0 heterocycles. The number of alkyl carbamates (subject to hydrolysis) is 2. The maximum absolute atomic E-state index is 12.1. The van der Waals surface area contributed by atoms with Crippen LogP contribution in [-0.4, -0.2) is 49.9 Å². The molecule has 0 unspecified atom stereocenters. The average Bonchev–Trinajstić information content (AvgIpc) is 2.52. The molecule has 8 heteroatoms. The summed E-state index contributed by atoms with van der Waals surface area (Å²) in [6.45, 7) is 14.1. The van der Waals surface area contributed by atoms with Crippen LogP contribution in [0.3, 0.4) is 0 Å². The molecule has 1 atom stereocenters. The number of hydrogen-bond donors (Lipinski definition) is 3. The van der Waals surface area contributed by atoms with Gasteiger partial charge in [-0.2, -0.15) is 0 Å². The van der Waals surface area contributed by atoms with Gasteiger partial charge in [-0.1, -0.05) is 26.5 Å². The maximum Gasteiger partial charge on any atom is 0.407 e. The first-order valence-corrected chi connectivity index (χ1v) is 9.28. The molecule has 8 nitrogen and oxygen atoms in total. The molecule has 0 aliphatic heterocycles. The van der Waals surface area contributed by atoms with E-state index in [-0.39, 0.29) is 31.4 Å². The van der Waals surface area contributed by atoms with E-state index in [4.69, 9.17) is 9.47 Å². The summed E-state index contributed by atoms with van der Waals surface area (Å²) < 4.78 is 9.98. The fraction of sp³-hybridized carbons (Fsp3) is 0.737. The molecule has 27 heavy (non-hydrogen) atoms. The van der Waals surface area contributed by atoms with E-state index in [0.717, 1.165) is 6.42 Å². The molecule has 0 aromatic rings. The van der Waals surface area contributed by atoms with Crippen molar-refractivity contribution in [3.05, 3.63) is 12.7 Å². The molecular formula is C19H35N3O5. The predicted molar refractivity (Wildman–Crippen MR) is 104 cm³/mol. The third kappa shape index (κ3) is 15.7. The van der Waals surface area contributed by atoms with Gasteiger partial charge in [0.2, 0.25) is 5.91 Å². The van der Waals surface area contributed by atoms with Crippen LogP contribution in [0.1, 0.15) is 47.5 Å². The molecule has 3 amide bonds. The number of amides is 3. The monoisotopic (exact) mass is 385 g/mol. The van der Waals surface area contributed by atoms with Crippen LogP contribution in [0.15, 0.2) is 12.7 Å². The molecule has 0 spiro atoms. The number of carbonyl (C=O) groups excluding carboxylic acids is 3. The molecule has 0 aromatic carbocycles. The second-order valence-electron chi connectivity index (χ2n) is 7.75. The molecule has 0 saturated heterocycles. The first-order chi connectivity index (χ1) is 12.5. The lowest BCUT2D eigenvalue weighted by Gasteiger charge is -2.22. The van der Waals surface area contributed by atoms with E-state index in [9.17, 15) is 14.4 Å². The van der Waals surface area contributed by atoms with E-state index >= 15 is 0 Å². The standard InChI is InChI=1S/C19H35N3O5/c1-7-10-26-17(24)21-9-8-20-16(23)12-15(11-14(2)3)13-22-18(25)27-19(4,5)6/h7,14-15H,1,8-13H2,2-6H3,(H,20,23)(H,21,24)(H,22,25)/t15-/m0/s1. The largest absolute Gasteiger partial charge is 0.445 e. The summed E-state index contributed by atoms with van der Waals surface area (Å²) in [4.78, 5) is 35.2. The summed E-state index contributed by atoms with van der Waals surface area (Å²) in [6, 6.07) is 0. The zero-order chi connectivity index (χ0) is 20.9. The van der Waals surface area contributed by atoms with Gasteiger partial charge in [0.05, 0.1) is 0 Å². The molecule has 0 bridgehead atoms. The van der Waals surface area contributed by atoms with Crippen LogP contribution in [0.4, 0.5) is 9.59 Å². The van der Waals surface area contributed by atoms with Crippen molar-refractivity contribution in [3.8, 4) is 0 Å². The lowest BCUT2D eigenvalue weighted by molar-refractivity contribution is -0.122. The SMILES string of the molecule is C=CCOC(=O)NCCNC(=O)C[C@@H](CNC(=O)OC(C)(C)C)CC(C)C. The van der Waals surface area contributed by atoms with Gasteiger partial charge < -0.3 is 25.4 Å². The van der Waals surface area contributed by atoms with E-state index in [2.05, 4.69) is 36.4 Å². The normalized spacial score (nSPS) is 12.1. The lowest BCUT2D eigenvalue weighted by atomic mass is 9.94. The summed E-state index contributed by atoms with van der Waals surface area (Å²) in [5, 5.41) is 8.00. The zero-order valence-corrected chi connectivity index (χ0v) is 17.2. The molecule has 0 rings (SSSR count). The number of nitrogens with one attached hydrogen (secondary N) is 3. The zero-order valence-electron chi connectivity index (χ0n) is 17.2. The number of rotatable bonds is 11. The lowest BCUT2D eigenvalue weighted by Crippen LogP contribution is -2.38. The maximum atomic E-state index is 12.1. The molecule has 0 saturated carbocycles. The summed E-state index contributed by atoms with van der Waals surface area (Å²) in [7, 11) is 0. The van der Waals surface area contributed by atoms with Crippen LogP contribution in [-0.2, 0) is 14.3 Å². The van der Waals surface area contributed by atoms with Crippen molar-refractivity contribution in [3.63, 3.8) is 0 Å². The van der Waals surface area contributed by atoms with Gasteiger partial charge in [-0.3, -0.25) is 4.79 Å². The van der Waals surface area contributed by atoms with Crippen LogP contribution in [0.5, 0.6) is 0 Å². The highest BCUT2D eigenvalue weighted by molar-refractivity contribution is 5.76. The van der Waals surface area contributed by atoms with Gasteiger partial charge in [-0.05, 0) is 39.0 Å². The highest BCUT2D eigenvalue weighted by Crippen LogP contribution is 2.15. The van der Waals surface area contributed by atoms with E-state index in [1.807, 2.05) is 0 Å². The van der Waals surface area contributed by atoms with Crippen molar-refractivity contribution in [2.24, 2.45) is 11.8 Å². The Kier molecular flexibility index (Phi) is 11.9. The van der Waals surface area contributed by atoms with Crippen molar-refractivity contribution >= 4 is 18.1 Å². The highest BCUT2D eigenvalue weighted by atomic mass is 16.6. The molecule has 3 N–H and O–H groups in total. The van der Waals surface area contributed by atoms with E-state index in [1.54, 1.807) is 20.8 Å². The Hall–Kier alpha value is -2.25. The van der Waals surface area contributed by atoms with Crippen molar-refractivity contribution in [1.82, 2.24) is 16.0 Å². The fourth-order valence-electron chi connectivity index (χ4n) is 2.33. The summed E-state index contributed by atoms with van der Waals surface area (Å²) in [6.07, 6.45) is 1.52. The van der Waals surface area contributed by atoms with Gasteiger partial charge in [0, 0.05) is 26.1 Å². The van der Waals surface area contributed by atoms with Crippen molar-refractivity contribution < 1.29 is 23.9 Å². The predicted octanol–water partition coefficient (Wildman–Crippen LogP) is 2.59. The summed E-state index contributed by atoms with van der Waals surface area (Å²) in [5.74, 6) is 0.264.